The first kappa shape index (κ1) is 20.7. The zero-order chi connectivity index (χ0) is 19.8. The lowest BCUT2D eigenvalue weighted by Gasteiger charge is -2.24. The number of benzene rings is 2. The van der Waals surface area contributed by atoms with E-state index in [1.807, 2.05) is 32.7 Å². The van der Waals surface area contributed by atoms with Crippen molar-refractivity contribution in [1.82, 2.24) is 4.90 Å². The Morgan fingerprint density at radius 1 is 1.07 bits per heavy atom. The number of nitrogens with one attached hydrogen (secondary N) is 1. The van der Waals surface area contributed by atoms with Gasteiger partial charge in [-0.15, -0.1) is 0 Å². The quantitative estimate of drug-likeness (QED) is 0.713. The number of carbonyl (C=O) groups is 1. The van der Waals surface area contributed by atoms with E-state index in [-0.39, 0.29) is 24.3 Å². The van der Waals surface area contributed by atoms with Crippen LogP contribution in [-0.4, -0.2) is 37.6 Å². The molecule has 0 unspecified atom stereocenters. The number of anilines is 1. The molecule has 0 spiro atoms. The number of hydrogen-bond donors (Lipinski definition) is 1. The number of amides is 1. The molecule has 0 saturated heterocycles. The molecule has 1 amide bonds. The van der Waals surface area contributed by atoms with Gasteiger partial charge in [0.05, 0.1) is 19.8 Å². The molecule has 0 aliphatic rings. The van der Waals surface area contributed by atoms with Crippen LogP contribution in [-0.2, 0) is 4.79 Å². The van der Waals surface area contributed by atoms with Crippen LogP contribution >= 0.6 is 0 Å². The van der Waals surface area contributed by atoms with Gasteiger partial charge in [0.1, 0.15) is 5.82 Å². The summed E-state index contributed by atoms with van der Waals surface area (Å²) in [6, 6.07) is 11.6. The highest BCUT2D eigenvalue weighted by atomic mass is 19.1. The summed E-state index contributed by atoms with van der Waals surface area (Å²) in [5.74, 6) is 0.842. The fourth-order valence-electron chi connectivity index (χ4n) is 2.69. The molecule has 0 aromatic heterocycles. The maximum absolute atomic E-state index is 13.1. The first-order chi connectivity index (χ1) is 12.9. The van der Waals surface area contributed by atoms with Gasteiger partial charge in [-0.25, -0.2) is 4.39 Å². The number of ether oxygens (including phenoxy) is 2. The summed E-state index contributed by atoms with van der Waals surface area (Å²) in [6.07, 6.45) is 0. The van der Waals surface area contributed by atoms with E-state index in [9.17, 15) is 9.18 Å². The Morgan fingerprint density at radius 2 is 1.70 bits per heavy atom. The predicted molar refractivity (Wildman–Crippen MR) is 105 cm³/mol. The summed E-state index contributed by atoms with van der Waals surface area (Å²) >= 11 is 0. The molecule has 0 aliphatic heterocycles. The average Bonchev–Trinajstić information content (AvgIpc) is 2.64. The first-order valence-corrected chi connectivity index (χ1v) is 9.09. The molecule has 27 heavy (non-hydrogen) atoms. The van der Waals surface area contributed by atoms with Crippen molar-refractivity contribution in [2.24, 2.45) is 0 Å². The third-order valence-corrected chi connectivity index (χ3v) is 4.23. The SMILES string of the molecule is CCOc1ccc(NC(=O)CN(C)[C@@H](C)c2ccc(F)cc2)cc1OCC. The van der Waals surface area contributed by atoms with E-state index >= 15 is 0 Å². The average molecular weight is 374 g/mol. The normalized spacial score (nSPS) is 11.9. The second-order valence-corrected chi connectivity index (χ2v) is 6.22. The largest absolute Gasteiger partial charge is 0.490 e. The van der Waals surface area contributed by atoms with Crippen LogP contribution in [0, 0.1) is 5.82 Å². The Morgan fingerprint density at radius 3 is 2.33 bits per heavy atom. The second-order valence-electron chi connectivity index (χ2n) is 6.22. The third-order valence-electron chi connectivity index (χ3n) is 4.23. The molecular formula is C21H27FN2O3. The summed E-state index contributed by atoms with van der Waals surface area (Å²) in [7, 11) is 1.86. The Hall–Kier alpha value is -2.60. The number of hydrogen-bond acceptors (Lipinski definition) is 4. The van der Waals surface area contributed by atoms with E-state index < -0.39 is 0 Å². The minimum atomic E-state index is -0.271. The van der Waals surface area contributed by atoms with Crippen molar-refractivity contribution in [3.63, 3.8) is 0 Å². The minimum absolute atomic E-state index is 0.0179. The van der Waals surface area contributed by atoms with Crippen LogP contribution < -0.4 is 14.8 Å². The maximum atomic E-state index is 13.1. The second kappa shape index (κ2) is 9.92. The molecule has 0 bridgehead atoms. The highest BCUT2D eigenvalue weighted by Gasteiger charge is 2.16. The molecule has 5 nitrogen and oxygen atoms in total. The van der Waals surface area contributed by atoms with Gasteiger partial charge < -0.3 is 14.8 Å². The molecule has 0 radical (unpaired) electrons. The molecule has 2 aromatic rings. The molecular weight excluding hydrogens is 347 g/mol. The van der Waals surface area contributed by atoms with Crippen molar-refractivity contribution >= 4 is 11.6 Å². The summed E-state index contributed by atoms with van der Waals surface area (Å²) in [4.78, 5) is 14.3. The number of likely N-dealkylation sites (N-methyl/N-ethyl adjacent to an activating group) is 1. The lowest BCUT2D eigenvalue weighted by molar-refractivity contribution is -0.117. The van der Waals surface area contributed by atoms with E-state index in [4.69, 9.17) is 9.47 Å². The van der Waals surface area contributed by atoms with Gasteiger partial charge in [-0.05, 0) is 57.6 Å². The van der Waals surface area contributed by atoms with Crippen LogP contribution in [0.2, 0.25) is 0 Å². The number of nitrogens with zero attached hydrogens (tertiary/aromatic N) is 1. The molecule has 0 fully saturated rings. The molecule has 2 rings (SSSR count). The summed E-state index contributed by atoms with van der Waals surface area (Å²) in [5, 5.41) is 2.88. The molecule has 1 atom stereocenters. The van der Waals surface area contributed by atoms with E-state index in [1.54, 1.807) is 30.3 Å². The molecule has 0 saturated carbocycles. The van der Waals surface area contributed by atoms with Crippen molar-refractivity contribution in [2.45, 2.75) is 26.8 Å². The van der Waals surface area contributed by atoms with Crippen molar-refractivity contribution in [2.75, 3.05) is 32.1 Å². The Kier molecular flexibility index (Phi) is 7.61. The van der Waals surface area contributed by atoms with Gasteiger partial charge in [0.15, 0.2) is 11.5 Å². The number of rotatable bonds is 9. The molecule has 1 N–H and O–H groups in total. The topological polar surface area (TPSA) is 50.8 Å². The van der Waals surface area contributed by atoms with Gasteiger partial charge in [0, 0.05) is 17.8 Å². The van der Waals surface area contributed by atoms with E-state index in [0.29, 0.717) is 30.4 Å². The van der Waals surface area contributed by atoms with Gasteiger partial charge in [-0.2, -0.15) is 0 Å². The van der Waals surface area contributed by atoms with E-state index in [1.165, 1.54) is 12.1 Å². The lowest BCUT2D eigenvalue weighted by Crippen LogP contribution is -2.32. The van der Waals surface area contributed by atoms with Crippen LogP contribution in [0.25, 0.3) is 0 Å². The van der Waals surface area contributed by atoms with Crippen LogP contribution in [0.1, 0.15) is 32.4 Å². The highest BCUT2D eigenvalue weighted by molar-refractivity contribution is 5.92. The number of carbonyl (C=O) groups excluding carboxylic acids is 1. The van der Waals surface area contributed by atoms with Gasteiger partial charge in [-0.1, -0.05) is 12.1 Å². The third kappa shape index (κ3) is 5.96. The van der Waals surface area contributed by atoms with Crippen molar-refractivity contribution in [3.05, 3.63) is 53.8 Å². The fraction of sp³-hybridized carbons (Fsp3) is 0.381. The zero-order valence-electron chi connectivity index (χ0n) is 16.3. The van der Waals surface area contributed by atoms with Crippen molar-refractivity contribution < 1.29 is 18.7 Å². The molecule has 6 heteroatoms. The predicted octanol–water partition coefficient (Wildman–Crippen LogP) is 4.25. The fourth-order valence-corrected chi connectivity index (χ4v) is 2.69. The van der Waals surface area contributed by atoms with Crippen LogP contribution in [0.4, 0.5) is 10.1 Å². The lowest BCUT2D eigenvalue weighted by atomic mass is 10.1. The van der Waals surface area contributed by atoms with Crippen LogP contribution in [0.15, 0.2) is 42.5 Å². The van der Waals surface area contributed by atoms with Crippen LogP contribution in [0.5, 0.6) is 11.5 Å². The maximum Gasteiger partial charge on any atom is 0.238 e. The summed E-state index contributed by atoms with van der Waals surface area (Å²) < 4.78 is 24.2. The molecule has 0 aliphatic carbocycles. The van der Waals surface area contributed by atoms with E-state index in [0.717, 1.165) is 5.56 Å². The summed E-state index contributed by atoms with van der Waals surface area (Å²) in [6.45, 7) is 7.03. The van der Waals surface area contributed by atoms with Crippen molar-refractivity contribution in [3.8, 4) is 11.5 Å². The standard InChI is InChI=1S/C21H27FN2O3/c1-5-26-19-12-11-18(13-20(19)27-6-2)23-21(25)14-24(4)15(3)16-7-9-17(22)10-8-16/h7-13,15H,5-6,14H2,1-4H3,(H,23,25)/t15-/m0/s1. The van der Waals surface area contributed by atoms with Gasteiger partial charge in [0.2, 0.25) is 5.91 Å². The Balaban J connectivity index is 1.99. The van der Waals surface area contributed by atoms with E-state index in [2.05, 4.69) is 5.32 Å². The Bertz CT molecular complexity index is 750. The van der Waals surface area contributed by atoms with Crippen LogP contribution in [0.3, 0.4) is 0 Å². The monoisotopic (exact) mass is 374 g/mol. The smallest absolute Gasteiger partial charge is 0.238 e. The molecule has 146 valence electrons. The van der Waals surface area contributed by atoms with Gasteiger partial charge >= 0.3 is 0 Å². The molecule has 2 aromatic carbocycles. The first-order valence-electron chi connectivity index (χ1n) is 9.09. The molecule has 0 heterocycles. The summed E-state index contributed by atoms with van der Waals surface area (Å²) in [5.41, 5.74) is 1.60. The Labute approximate surface area is 160 Å². The van der Waals surface area contributed by atoms with Gasteiger partial charge in [0.25, 0.3) is 0 Å². The highest BCUT2D eigenvalue weighted by Crippen LogP contribution is 2.30. The van der Waals surface area contributed by atoms with Crippen molar-refractivity contribution in [1.29, 1.82) is 0 Å². The zero-order valence-corrected chi connectivity index (χ0v) is 16.3. The van der Waals surface area contributed by atoms with Gasteiger partial charge in [-0.3, -0.25) is 9.69 Å². The number of halogens is 1. The minimum Gasteiger partial charge on any atom is -0.490 e.